The first-order chi connectivity index (χ1) is 10.4. The van der Waals surface area contributed by atoms with Crippen molar-refractivity contribution in [3.63, 3.8) is 0 Å². The Bertz CT molecular complexity index is 416. The van der Waals surface area contributed by atoms with Crippen LogP contribution in [0.4, 0.5) is 4.79 Å². The number of hydrogen-bond donors (Lipinski definition) is 2. The lowest BCUT2D eigenvalue weighted by Gasteiger charge is -2.35. The molecule has 1 aliphatic heterocycles. The van der Waals surface area contributed by atoms with Crippen molar-refractivity contribution in [2.24, 2.45) is 0 Å². The van der Waals surface area contributed by atoms with E-state index in [1.54, 1.807) is 4.90 Å². The van der Waals surface area contributed by atoms with E-state index in [1.165, 1.54) is 0 Å². The van der Waals surface area contributed by atoms with Gasteiger partial charge in [-0.3, -0.25) is 4.79 Å². The molecule has 0 bridgehead atoms. The number of hydrogen-bond acceptors (Lipinski definition) is 4. The highest BCUT2D eigenvalue weighted by Crippen LogP contribution is 2.16. The molecule has 1 rings (SSSR count). The molecule has 1 fully saturated rings. The Kier molecular flexibility index (Phi) is 6.45. The van der Waals surface area contributed by atoms with Crippen molar-refractivity contribution in [2.75, 3.05) is 13.1 Å². The van der Waals surface area contributed by atoms with Crippen molar-refractivity contribution in [2.45, 2.75) is 84.5 Å². The van der Waals surface area contributed by atoms with E-state index in [0.717, 1.165) is 12.8 Å². The van der Waals surface area contributed by atoms with E-state index in [2.05, 4.69) is 10.6 Å². The van der Waals surface area contributed by atoms with Crippen LogP contribution in [-0.2, 0) is 9.53 Å². The molecule has 6 nitrogen and oxygen atoms in total. The van der Waals surface area contributed by atoms with Gasteiger partial charge in [0.15, 0.2) is 0 Å². The molecule has 1 aliphatic rings. The zero-order valence-corrected chi connectivity index (χ0v) is 15.7. The van der Waals surface area contributed by atoms with Gasteiger partial charge in [-0.1, -0.05) is 0 Å². The first-order valence-corrected chi connectivity index (χ1v) is 8.43. The third-order valence-electron chi connectivity index (χ3n) is 3.52. The van der Waals surface area contributed by atoms with Gasteiger partial charge in [0.2, 0.25) is 5.91 Å². The van der Waals surface area contributed by atoms with Gasteiger partial charge < -0.3 is 20.3 Å². The molecule has 2 N–H and O–H groups in total. The van der Waals surface area contributed by atoms with Crippen molar-refractivity contribution in [3.05, 3.63) is 0 Å². The van der Waals surface area contributed by atoms with Gasteiger partial charge in [0.25, 0.3) is 0 Å². The van der Waals surface area contributed by atoms with E-state index >= 15 is 0 Å². The maximum absolute atomic E-state index is 12.1. The number of carbonyl (C=O) groups is 2. The Hall–Kier alpha value is -1.30. The standard InChI is InChI=1S/C17H33N3O3/c1-12(14(21)19-16(2,3)4)18-13-8-10-20(11-9-13)15(22)23-17(5,6)7/h12-13,18H,8-11H2,1-7H3,(H,19,21). The summed E-state index contributed by atoms with van der Waals surface area (Å²) in [6.07, 6.45) is 1.40. The Morgan fingerprint density at radius 2 is 1.61 bits per heavy atom. The number of piperidine rings is 1. The van der Waals surface area contributed by atoms with E-state index in [-0.39, 0.29) is 29.6 Å². The molecule has 2 amide bonds. The van der Waals surface area contributed by atoms with Gasteiger partial charge in [0, 0.05) is 24.7 Å². The molecule has 0 aliphatic carbocycles. The fourth-order valence-electron chi connectivity index (χ4n) is 2.46. The fraction of sp³-hybridized carbons (Fsp3) is 0.882. The van der Waals surface area contributed by atoms with Gasteiger partial charge in [-0.25, -0.2) is 4.79 Å². The van der Waals surface area contributed by atoms with E-state index in [0.29, 0.717) is 13.1 Å². The van der Waals surface area contributed by atoms with Crippen LogP contribution in [0, 0.1) is 0 Å². The molecule has 0 aromatic rings. The predicted molar refractivity (Wildman–Crippen MR) is 91.3 cm³/mol. The van der Waals surface area contributed by atoms with Crippen LogP contribution in [0.5, 0.6) is 0 Å². The third-order valence-corrected chi connectivity index (χ3v) is 3.52. The second kappa shape index (κ2) is 7.51. The van der Waals surface area contributed by atoms with Crippen molar-refractivity contribution in [1.82, 2.24) is 15.5 Å². The second-order valence-electron chi connectivity index (χ2n) is 8.37. The van der Waals surface area contributed by atoms with Gasteiger partial charge in [-0.05, 0) is 61.3 Å². The van der Waals surface area contributed by atoms with Crippen LogP contribution in [0.25, 0.3) is 0 Å². The van der Waals surface area contributed by atoms with Crippen molar-refractivity contribution in [3.8, 4) is 0 Å². The van der Waals surface area contributed by atoms with Gasteiger partial charge in [0.1, 0.15) is 5.60 Å². The van der Waals surface area contributed by atoms with Gasteiger partial charge in [-0.2, -0.15) is 0 Å². The maximum Gasteiger partial charge on any atom is 0.410 e. The Labute approximate surface area is 140 Å². The molecular formula is C17H33N3O3. The SMILES string of the molecule is CC(NC1CCN(C(=O)OC(C)(C)C)CC1)C(=O)NC(C)(C)C. The van der Waals surface area contributed by atoms with Gasteiger partial charge in [0.05, 0.1) is 6.04 Å². The van der Waals surface area contributed by atoms with Crippen molar-refractivity contribution >= 4 is 12.0 Å². The lowest BCUT2D eigenvalue weighted by molar-refractivity contribution is -0.124. The molecule has 0 radical (unpaired) electrons. The minimum absolute atomic E-state index is 0.00655. The van der Waals surface area contributed by atoms with E-state index in [1.807, 2.05) is 48.5 Å². The third kappa shape index (κ3) is 7.68. The van der Waals surface area contributed by atoms with E-state index in [9.17, 15) is 9.59 Å². The fourth-order valence-corrected chi connectivity index (χ4v) is 2.46. The molecule has 1 saturated heterocycles. The lowest BCUT2D eigenvalue weighted by atomic mass is 10.0. The highest BCUT2D eigenvalue weighted by molar-refractivity contribution is 5.81. The number of ether oxygens (including phenoxy) is 1. The predicted octanol–water partition coefficient (Wildman–Crippen LogP) is 2.28. The van der Waals surface area contributed by atoms with Crippen molar-refractivity contribution in [1.29, 1.82) is 0 Å². The van der Waals surface area contributed by atoms with Crippen LogP contribution in [0.3, 0.4) is 0 Å². The van der Waals surface area contributed by atoms with Crippen LogP contribution in [0.2, 0.25) is 0 Å². The summed E-state index contributed by atoms with van der Waals surface area (Å²) >= 11 is 0. The second-order valence-corrected chi connectivity index (χ2v) is 8.37. The molecule has 134 valence electrons. The number of likely N-dealkylation sites (tertiary alicyclic amines) is 1. The number of carbonyl (C=O) groups excluding carboxylic acids is 2. The molecule has 6 heteroatoms. The molecule has 23 heavy (non-hydrogen) atoms. The largest absolute Gasteiger partial charge is 0.444 e. The average molecular weight is 327 g/mol. The molecule has 0 aromatic heterocycles. The topological polar surface area (TPSA) is 70.7 Å². The summed E-state index contributed by atoms with van der Waals surface area (Å²) in [5.41, 5.74) is -0.696. The minimum Gasteiger partial charge on any atom is -0.444 e. The zero-order valence-electron chi connectivity index (χ0n) is 15.7. The quantitative estimate of drug-likeness (QED) is 0.834. The molecule has 1 atom stereocenters. The van der Waals surface area contributed by atoms with E-state index in [4.69, 9.17) is 4.74 Å². The molecule has 0 aromatic carbocycles. The Balaban J connectivity index is 2.39. The first-order valence-electron chi connectivity index (χ1n) is 8.43. The normalized spacial score (nSPS) is 18.5. The maximum atomic E-state index is 12.1. The lowest BCUT2D eigenvalue weighted by Crippen LogP contribution is -2.54. The Morgan fingerprint density at radius 1 is 1.09 bits per heavy atom. The molecule has 1 unspecified atom stereocenters. The summed E-state index contributed by atoms with van der Waals surface area (Å²) < 4.78 is 5.39. The summed E-state index contributed by atoms with van der Waals surface area (Å²) in [6.45, 7) is 14.7. The average Bonchev–Trinajstić information content (AvgIpc) is 2.35. The van der Waals surface area contributed by atoms with E-state index < -0.39 is 5.60 Å². The first kappa shape index (κ1) is 19.7. The van der Waals surface area contributed by atoms with Crippen LogP contribution in [-0.4, -0.2) is 53.2 Å². The zero-order chi connectivity index (χ0) is 17.8. The molecular weight excluding hydrogens is 294 g/mol. The summed E-state index contributed by atoms with van der Waals surface area (Å²) in [5.74, 6) is 0.00655. The van der Waals surface area contributed by atoms with Gasteiger partial charge >= 0.3 is 6.09 Å². The van der Waals surface area contributed by atoms with Crippen LogP contribution in [0.1, 0.15) is 61.3 Å². The number of nitrogens with one attached hydrogen (secondary N) is 2. The molecule has 1 heterocycles. The summed E-state index contributed by atoms with van der Waals surface area (Å²) in [7, 11) is 0. The van der Waals surface area contributed by atoms with Crippen LogP contribution >= 0.6 is 0 Å². The minimum atomic E-state index is -0.467. The summed E-state index contributed by atoms with van der Waals surface area (Å²) in [5, 5.41) is 6.33. The molecule has 0 saturated carbocycles. The highest BCUT2D eigenvalue weighted by Gasteiger charge is 2.28. The summed E-state index contributed by atoms with van der Waals surface area (Å²) in [6, 6.07) is 0.00158. The summed E-state index contributed by atoms with van der Waals surface area (Å²) in [4.78, 5) is 25.9. The molecule has 0 spiro atoms. The number of amides is 2. The monoisotopic (exact) mass is 327 g/mol. The van der Waals surface area contributed by atoms with Crippen LogP contribution < -0.4 is 10.6 Å². The van der Waals surface area contributed by atoms with Crippen LogP contribution in [0.15, 0.2) is 0 Å². The highest BCUT2D eigenvalue weighted by atomic mass is 16.6. The van der Waals surface area contributed by atoms with Gasteiger partial charge in [-0.15, -0.1) is 0 Å². The Morgan fingerprint density at radius 3 is 2.04 bits per heavy atom. The smallest absolute Gasteiger partial charge is 0.410 e. The number of nitrogens with zero attached hydrogens (tertiary/aromatic N) is 1. The van der Waals surface area contributed by atoms with Crippen molar-refractivity contribution < 1.29 is 14.3 Å². The number of rotatable bonds is 3.